The molecule has 1 amide bonds. The number of aliphatic hydroxyl groups is 2. The van der Waals surface area contributed by atoms with Gasteiger partial charge < -0.3 is 10.2 Å². The molecule has 7 N–H and O–H groups in total. The standard InChI is InChI=1S/C10H16N4O3/c1-10(17,6-15)14(12)8-5-3-2-4-7(8)9(16)13-11/h2-5,15,17H,6,11-12H2,1H3,(H,13,16). The summed E-state index contributed by atoms with van der Waals surface area (Å²) in [6.07, 6.45) is 0. The van der Waals surface area contributed by atoms with Gasteiger partial charge in [-0.15, -0.1) is 0 Å². The SMILES string of the molecule is CC(O)(CO)N(N)c1ccccc1C(=O)NN. The van der Waals surface area contributed by atoms with E-state index in [9.17, 15) is 9.90 Å². The molecule has 1 atom stereocenters. The predicted molar refractivity (Wildman–Crippen MR) is 62.5 cm³/mol. The smallest absolute Gasteiger partial charge is 0.267 e. The van der Waals surface area contributed by atoms with Crippen LogP contribution < -0.4 is 22.1 Å². The summed E-state index contributed by atoms with van der Waals surface area (Å²) in [4.78, 5) is 11.5. The number of rotatable bonds is 4. The number of carbonyl (C=O) groups is 1. The molecule has 1 unspecified atom stereocenters. The van der Waals surface area contributed by atoms with Crippen molar-refractivity contribution in [3.63, 3.8) is 0 Å². The number of nitrogens with one attached hydrogen (secondary N) is 1. The number of hydrazine groups is 2. The lowest BCUT2D eigenvalue weighted by Crippen LogP contribution is -2.54. The minimum absolute atomic E-state index is 0.200. The van der Waals surface area contributed by atoms with Gasteiger partial charge in [-0.05, 0) is 19.1 Å². The maximum Gasteiger partial charge on any atom is 0.267 e. The Morgan fingerprint density at radius 3 is 2.65 bits per heavy atom. The lowest BCUT2D eigenvalue weighted by Gasteiger charge is -2.34. The van der Waals surface area contributed by atoms with Gasteiger partial charge in [-0.25, -0.2) is 11.7 Å². The van der Waals surface area contributed by atoms with Gasteiger partial charge in [-0.1, -0.05) is 12.1 Å². The van der Waals surface area contributed by atoms with Crippen molar-refractivity contribution >= 4 is 11.6 Å². The second-order valence-corrected chi connectivity index (χ2v) is 3.74. The third-order valence-corrected chi connectivity index (χ3v) is 2.36. The first-order valence-electron chi connectivity index (χ1n) is 4.92. The van der Waals surface area contributed by atoms with Crippen LogP contribution in [0, 0.1) is 0 Å². The minimum atomic E-state index is -1.68. The summed E-state index contributed by atoms with van der Waals surface area (Å²) in [5.41, 5.74) is 0.764. The molecular formula is C10H16N4O3. The van der Waals surface area contributed by atoms with Crippen LogP contribution in [0.4, 0.5) is 5.69 Å². The Morgan fingerprint density at radius 1 is 1.53 bits per heavy atom. The van der Waals surface area contributed by atoms with Crippen molar-refractivity contribution in [2.75, 3.05) is 11.6 Å². The monoisotopic (exact) mass is 240 g/mol. The van der Waals surface area contributed by atoms with Crippen molar-refractivity contribution in [2.45, 2.75) is 12.6 Å². The van der Waals surface area contributed by atoms with E-state index >= 15 is 0 Å². The quantitative estimate of drug-likeness (QED) is 0.192. The number of aliphatic hydroxyl groups excluding tert-OH is 1. The van der Waals surface area contributed by atoms with E-state index in [0.29, 0.717) is 0 Å². The fourth-order valence-electron chi connectivity index (χ4n) is 1.29. The van der Waals surface area contributed by atoms with E-state index in [1.54, 1.807) is 12.1 Å². The average molecular weight is 240 g/mol. The van der Waals surface area contributed by atoms with Crippen molar-refractivity contribution in [3.8, 4) is 0 Å². The van der Waals surface area contributed by atoms with Crippen molar-refractivity contribution in [2.24, 2.45) is 11.7 Å². The Hall–Kier alpha value is -1.67. The largest absolute Gasteiger partial charge is 0.391 e. The van der Waals surface area contributed by atoms with Crippen LogP contribution in [0.5, 0.6) is 0 Å². The summed E-state index contributed by atoms with van der Waals surface area (Å²) < 4.78 is 0. The van der Waals surface area contributed by atoms with Crippen LogP contribution in [-0.4, -0.2) is 28.5 Å². The molecular weight excluding hydrogens is 224 g/mol. The normalized spacial score (nSPS) is 13.9. The number of benzene rings is 1. The van der Waals surface area contributed by atoms with E-state index in [-0.39, 0.29) is 11.3 Å². The summed E-state index contributed by atoms with van der Waals surface area (Å²) in [6, 6.07) is 6.32. The number of nitrogens with zero attached hydrogens (tertiary/aromatic N) is 1. The fourth-order valence-corrected chi connectivity index (χ4v) is 1.29. The van der Waals surface area contributed by atoms with Crippen LogP contribution in [0.1, 0.15) is 17.3 Å². The van der Waals surface area contributed by atoms with Crippen LogP contribution in [0.25, 0.3) is 0 Å². The number of nitrogen functional groups attached to an aromatic ring is 1. The summed E-state index contributed by atoms with van der Waals surface area (Å²) in [7, 11) is 0. The highest BCUT2D eigenvalue weighted by Crippen LogP contribution is 2.22. The number of nitrogens with two attached hydrogens (primary N) is 2. The molecule has 0 aromatic heterocycles. The van der Waals surface area contributed by atoms with Crippen LogP contribution in [0.3, 0.4) is 0 Å². The maximum absolute atomic E-state index is 11.5. The molecule has 0 saturated carbocycles. The number of carbonyl (C=O) groups excluding carboxylic acids is 1. The molecule has 7 heteroatoms. The number of para-hydroxylation sites is 1. The molecule has 0 aliphatic rings. The lowest BCUT2D eigenvalue weighted by molar-refractivity contribution is -0.00122. The van der Waals surface area contributed by atoms with Crippen LogP contribution >= 0.6 is 0 Å². The molecule has 0 radical (unpaired) electrons. The van der Waals surface area contributed by atoms with E-state index < -0.39 is 18.2 Å². The Kier molecular flexibility index (Phi) is 4.02. The van der Waals surface area contributed by atoms with Crippen molar-refractivity contribution < 1.29 is 15.0 Å². The van der Waals surface area contributed by atoms with E-state index in [0.717, 1.165) is 5.01 Å². The van der Waals surface area contributed by atoms with E-state index in [4.69, 9.17) is 16.8 Å². The van der Waals surface area contributed by atoms with Gasteiger partial charge in [0.25, 0.3) is 5.91 Å². The van der Waals surface area contributed by atoms with Gasteiger partial charge in [0.1, 0.15) is 0 Å². The van der Waals surface area contributed by atoms with Crippen molar-refractivity contribution in [1.29, 1.82) is 0 Å². The zero-order valence-electron chi connectivity index (χ0n) is 9.42. The van der Waals surface area contributed by atoms with Gasteiger partial charge in [0, 0.05) is 0 Å². The number of hydrogen-bond donors (Lipinski definition) is 5. The molecule has 1 aromatic carbocycles. The first kappa shape index (κ1) is 13.4. The minimum Gasteiger partial charge on any atom is -0.391 e. The van der Waals surface area contributed by atoms with Gasteiger partial charge >= 0.3 is 0 Å². The van der Waals surface area contributed by atoms with Gasteiger partial charge in [0.2, 0.25) is 0 Å². The van der Waals surface area contributed by atoms with Gasteiger partial charge in [-0.3, -0.25) is 15.2 Å². The zero-order valence-corrected chi connectivity index (χ0v) is 9.42. The highest BCUT2D eigenvalue weighted by Gasteiger charge is 2.28. The highest BCUT2D eigenvalue weighted by atomic mass is 16.4. The molecule has 0 aliphatic heterocycles. The van der Waals surface area contributed by atoms with Gasteiger partial charge in [0.15, 0.2) is 5.72 Å². The average Bonchev–Trinajstić information content (AvgIpc) is 2.36. The predicted octanol–water partition coefficient (Wildman–Crippen LogP) is -1.33. The molecule has 0 heterocycles. The maximum atomic E-state index is 11.5. The number of anilines is 1. The van der Waals surface area contributed by atoms with Crippen LogP contribution in [0.15, 0.2) is 24.3 Å². The van der Waals surface area contributed by atoms with Crippen LogP contribution in [-0.2, 0) is 0 Å². The van der Waals surface area contributed by atoms with Crippen LogP contribution in [0.2, 0.25) is 0 Å². The highest BCUT2D eigenvalue weighted by molar-refractivity contribution is 5.99. The van der Waals surface area contributed by atoms with Crippen molar-refractivity contribution in [3.05, 3.63) is 29.8 Å². The number of hydrogen-bond acceptors (Lipinski definition) is 6. The lowest BCUT2D eigenvalue weighted by atomic mass is 10.1. The first-order valence-corrected chi connectivity index (χ1v) is 4.92. The summed E-state index contributed by atoms with van der Waals surface area (Å²) in [6.45, 7) is 0.742. The third kappa shape index (κ3) is 2.71. The Labute approximate surface area is 98.6 Å². The second-order valence-electron chi connectivity index (χ2n) is 3.74. The molecule has 1 aromatic rings. The molecule has 0 saturated heterocycles. The van der Waals surface area contributed by atoms with E-state index in [1.165, 1.54) is 19.1 Å². The van der Waals surface area contributed by atoms with Gasteiger partial charge in [-0.2, -0.15) is 0 Å². The molecule has 94 valence electrons. The Balaban J connectivity index is 3.18. The second kappa shape index (κ2) is 5.11. The fraction of sp³-hybridized carbons (Fsp3) is 0.300. The van der Waals surface area contributed by atoms with E-state index in [1.807, 2.05) is 5.43 Å². The zero-order chi connectivity index (χ0) is 13.1. The van der Waals surface area contributed by atoms with Crippen molar-refractivity contribution in [1.82, 2.24) is 5.43 Å². The summed E-state index contributed by atoms with van der Waals surface area (Å²) in [5, 5.41) is 19.7. The Morgan fingerprint density at radius 2 is 2.12 bits per heavy atom. The van der Waals surface area contributed by atoms with E-state index in [2.05, 4.69) is 0 Å². The molecule has 0 fully saturated rings. The molecule has 7 nitrogen and oxygen atoms in total. The topological polar surface area (TPSA) is 125 Å². The molecule has 0 bridgehead atoms. The van der Waals surface area contributed by atoms with Gasteiger partial charge in [0.05, 0.1) is 17.9 Å². The summed E-state index contributed by atoms with van der Waals surface area (Å²) >= 11 is 0. The third-order valence-electron chi connectivity index (χ3n) is 2.36. The Bertz CT molecular complexity index is 408. The molecule has 0 spiro atoms. The molecule has 1 rings (SSSR count). The first-order chi connectivity index (χ1) is 7.94. The molecule has 0 aliphatic carbocycles. The number of amides is 1. The molecule has 17 heavy (non-hydrogen) atoms. The summed E-state index contributed by atoms with van der Waals surface area (Å²) in [5.74, 6) is 10.2.